The van der Waals surface area contributed by atoms with E-state index in [2.05, 4.69) is 21.3 Å². The topological polar surface area (TPSA) is 197 Å². The lowest BCUT2D eigenvalue weighted by Crippen LogP contribution is -2.46. The largest absolute Gasteiger partial charge is 0.396 e. The van der Waals surface area contributed by atoms with Crippen molar-refractivity contribution in [2.75, 3.05) is 50.9 Å². The minimum absolute atomic E-state index is 0.0712. The fourth-order valence-corrected chi connectivity index (χ4v) is 4.17. The molecule has 0 spiro atoms. The van der Waals surface area contributed by atoms with E-state index in [9.17, 15) is 34.5 Å². The Balaban J connectivity index is 3.69. The van der Waals surface area contributed by atoms with E-state index in [1.165, 1.54) is 21.6 Å². The quantitative estimate of drug-likeness (QED) is 0.0669. The second kappa shape index (κ2) is 18.7. The summed E-state index contributed by atoms with van der Waals surface area (Å²) in [6.07, 6.45) is -2.53. The maximum absolute atomic E-state index is 11.8. The summed E-state index contributed by atoms with van der Waals surface area (Å²) in [5.41, 5.74) is -0.966. The molecule has 0 aromatic rings. The van der Waals surface area contributed by atoms with Crippen LogP contribution >= 0.6 is 21.6 Å². The van der Waals surface area contributed by atoms with Gasteiger partial charge in [-0.05, 0) is 0 Å². The summed E-state index contributed by atoms with van der Waals surface area (Å²) < 4.78 is 0. The Morgan fingerprint density at radius 3 is 1.66 bits per heavy atom. The first-order valence-corrected chi connectivity index (χ1v) is 13.9. The van der Waals surface area contributed by atoms with Crippen molar-refractivity contribution >= 4 is 45.2 Å². The Morgan fingerprint density at radius 2 is 1.23 bits per heavy atom. The van der Waals surface area contributed by atoms with Crippen molar-refractivity contribution in [3.05, 3.63) is 0 Å². The van der Waals surface area contributed by atoms with Crippen molar-refractivity contribution in [3.63, 3.8) is 0 Å². The van der Waals surface area contributed by atoms with E-state index in [-0.39, 0.29) is 51.0 Å². The van der Waals surface area contributed by atoms with Gasteiger partial charge in [0, 0.05) is 68.5 Å². The number of hydrogen-bond acceptors (Lipinski definition) is 10. The van der Waals surface area contributed by atoms with Crippen LogP contribution in [-0.2, 0) is 19.2 Å². The summed E-state index contributed by atoms with van der Waals surface area (Å²) in [7, 11) is 3.07. The van der Waals surface area contributed by atoms with Crippen molar-refractivity contribution in [3.8, 4) is 0 Å². The van der Waals surface area contributed by atoms with Crippen LogP contribution in [-0.4, -0.2) is 107 Å². The lowest BCUT2D eigenvalue weighted by molar-refractivity contribution is -0.137. The molecule has 0 aromatic carbocycles. The Hall–Kier alpha value is -1.58. The molecule has 0 bridgehead atoms. The molecule has 14 heteroatoms. The summed E-state index contributed by atoms with van der Waals surface area (Å²) in [5, 5.41) is 47.9. The molecular weight excluding hydrogens is 500 g/mol. The molecule has 8 N–H and O–H groups in total. The number of hydrogen-bond donors (Lipinski definition) is 8. The predicted octanol–water partition coefficient (Wildman–Crippen LogP) is -2.02. The minimum atomic E-state index is -1.37. The Labute approximate surface area is 214 Å². The highest BCUT2D eigenvalue weighted by molar-refractivity contribution is 8.76. The van der Waals surface area contributed by atoms with Gasteiger partial charge in [-0.1, -0.05) is 42.4 Å². The van der Waals surface area contributed by atoms with Gasteiger partial charge >= 0.3 is 0 Å². The fourth-order valence-electron chi connectivity index (χ4n) is 2.36. The normalized spacial score (nSPS) is 13.9. The molecule has 0 rings (SSSR count). The monoisotopic (exact) mass is 540 g/mol. The highest BCUT2D eigenvalue weighted by Gasteiger charge is 2.32. The first kappa shape index (κ1) is 33.4. The first-order chi connectivity index (χ1) is 16.5. The van der Waals surface area contributed by atoms with Crippen molar-refractivity contribution in [2.24, 2.45) is 11.3 Å². The standard InChI is InChI=1S/C21H40N4O8S2/c1-14(12-26)17(30)19(32)24-6-4-15(28)22-8-10-34-35-11-9-23-16(29)5-7-25-20(33)18(31)21(2,3)13-27/h14,17-18,26-27,30-31H,4-13H2,1-3H3,(H,22,28)(H,23,29)(H,24,32)(H,25,33). The molecule has 4 amide bonds. The lowest BCUT2D eigenvalue weighted by atomic mass is 9.87. The van der Waals surface area contributed by atoms with E-state index in [1.807, 2.05) is 0 Å². The van der Waals surface area contributed by atoms with Crippen molar-refractivity contribution in [1.29, 1.82) is 0 Å². The molecule has 0 radical (unpaired) electrons. The second-order valence-electron chi connectivity index (χ2n) is 8.58. The van der Waals surface area contributed by atoms with Gasteiger partial charge in [0.25, 0.3) is 0 Å². The van der Waals surface area contributed by atoms with Crippen LogP contribution in [0, 0.1) is 11.3 Å². The highest BCUT2D eigenvalue weighted by Crippen LogP contribution is 2.20. The highest BCUT2D eigenvalue weighted by atomic mass is 33.1. The summed E-state index contributed by atoms with van der Waals surface area (Å²) in [5.74, 6) is -0.985. The van der Waals surface area contributed by atoms with Crippen LogP contribution in [0.4, 0.5) is 0 Å². The zero-order chi connectivity index (χ0) is 26.9. The van der Waals surface area contributed by atoms with E-state index >= 15 is 0 Å². The summed E-state index contributed by atoms with van der Waals surface area (Å²) >= 11 is 0. The third kappa shape index (κ3) is 15.2. The van der Waals surface area contributed by atoms with E-state index in [1.54, 1.807) is 20.8 Å². The molecule has 204 valence electrons. The van der Waals surface area contributed by atoms with Crippen LogP contribution in [0.2, 0.25) is 0 Å². The SMILES string of the molecule is CC(CO)C(O)C(=O)NCCC(=O)NCCSSCCNC(=O)CCNC(=O)C(O)C(C)(C)CO. The molecule has 35 heavy (non-hydrogen) atoms. The smallest absolute Gasteiger partial charge is 0.249 e. The van der Waals surface area contributed by atoms with Crippen molar-refractivity contribution in [2.45, 2.75) is 45.8 Å². The van der Waals surface area contributed by atoms with Crippen LogP contribution in [0.25, 0.3) is 0 Å². The van der Waals surface area contributed by atoms with E-state index in [0.29, 0.717) is 24.6 Å². The van der Waals surface area contributed by atoms with Gasteiger partial charge in [-0.2, -0.15) is 0 Å². The molecule has 12 nitrogen and oxygen atoms in total. The van der Waals surface area contributed by atoms with Gasteiger partial charge in [-0.15, -0.1) is 0 Å². The molecule has 0 saturated carbocycles. The Bertz CT molecular complexity index is 669. The van der Waals surface area contributed by atoms with Gasteiger partial charge < -0.3 is 41.7 Å². The molecule has 0 saturated heterocycles. The van der Waals surface area contributed by atoms with Crippen LogP contribution in [0.1, 0.15) is 33.6 Å². The number of carbonyl (C=O) groups is 4. The summed E-state index contributed by atoms with van der Waals surface area (Å²) in [4.78, 5) is 47.0. The van der Waals surface area contributed by atoms with Crippen LogP contribution in [0.5, 0.6) is 0 Å². The number of aliphatic hydroxyl groups excluding tert-OH is 4. The zero-order valence-electron chi connectivity index (χ0n) is 20.5. The molecule has 3 atom stereocenters. The average molecular weight is 541 g/mol. The predicted molar refractivity (Wildman–Crippen MR) is 135 cm³/mol. The lowest BCUT2D eigenvalue weighted by Gasteiger charge is -2.27. The number of nitrogens with one attached hydrogen (secondary N) is 4. The van der Waals surface area contributed by atoms with Crippen LogP contribution < -0.4 is 21.3 Å². The number of aliphatic hydroxyl groups is 4. The summed E-state index contributed by atoms with van der Waals surface area (Å²) in [6.45, 7) is 5.06. The molecule has 0 aromatic heterocycles. The van der Waals surface area contributed by atoms with E-state index in [4.69, 9.17) is 5.11 Å². The minimum Gasteiger partial charge on any atom is -0.396 e. The molecule has 0 aliphatic carbocycles. The summed E-state index contributed by atoms with van der Waals surface area (Å²) in [6, 6.07) is 0. The molecule has 3 unspecified atom stereocenters. The third-order valence-electron chi connectivity index (χ3n) is 4.89. The van der Waals surface area contributed by atoms with Crippen LogP contribution in [0.15, 0.2) is 0 Å². The molecule has 0 fully saturated rings. The molecular formula is C21H40N4O8S2. The second-order valence-corrected chi connectivity index (χ2v) is 11.3. The zero-order valence-corrected chi connectivity index (χ0v) is 22.2. The van der Waals surface area contributed by atoms with Crippen LogP contribution in [0.3, 0.4) is 0 Å². The number of amides is 4. The Morgan fingerprint density at radius 1 is 0.771 bits per heavy atom. The van der Waals surface area contributed by atoms with Gasteiger partial charge in [-0.3, -0.25) is 19.2 Å². The van der Waals surface area contributed by atoms with Gasteiger partial charge in [0.1, 0.15) is 12.2 Å². The van der Waals surface area contributed by atoms with Crippen molar-refractivity contribution < 1.29 is 39.6 Å². The maximum atomic E-state index is 11.8. The van der Waals surface area contributed by atoms with E-state index in [0.717, 1.165) is 0 Å². The van der Waals surface area contributed by atoms with Gasteiger partial charge in [0.05, 0.1) is 6.61 Å². The third-order valence-corrected chi connectivity index (χ3v) is 7.30. The van der Waals surface area contributed by atoms with Gasteiger partial charge in [-0.25, -0.2) is 0 Å². The Kier molecular flexibility index (Phi) is 17.8. The molecule has 0 aliphatic rings. The number of carbonyl (C=O) groups excluding carboxylic acids is 4. The van der Waals surface area contributed by atoms with Crippen molar-refractivity contribution in [1.82, 2.24) is 21.3 Å². The van der Waals surface area contributed by atoms with E-state index < -0.39 is 35.4 Å². The average Bonchev–Trinajstić information content (AvgIpc) is 2.83. The van der Waals surface area contributed by atoms with Gasteiger partial charge in [0.15, 0.2) is 0 Å². The van der Waals surface area contributed by atoms with Gasteiger partial charge in [0.2, 0.25) is 23.6 Å². The first-order valence-electron chi connectivity index (χ1n) is 11.4. The maximum Gasteiger partial charge on any atom is 0.249 e. The molecule has 0 aliphatic heterocycles. The number of rotatable bonds is 19. The molecule has 0 heterocycles. The fraction of sp³-hybridized carbons (Fsp3) is 0.810.